The normalized spacial score (nSPS) is 16.5. The molecule has 8 heteroatoms. The van der Waals surface area contributed by atoms with Gasteiger partial charge in [-0.25, -0.2) is 9.50 Å². The average molecular weight is 411 g/mol. The van der Waals surface area contributed by atoms with Crippen LogP contribution in [0.5, 0.6) is 0 Å². The first-order valence-corrected chi connectivity index (χ1v) is 10.2. The van der Waals surface area contributed by atoms with Gasteiger partial charge in [0.05, 0.1) is 17.5 Å². The lowest BCUT2D eigenvalue weighted by atomic mass is 9.85. The molecule has 3 heterocycles. The van der Waals surface area contributed by atoms with Gasteiger partial charge in [-0.3, -0.25) is 4.79 Å². The highest BCUT2D eigenvalue weighted by Crippen LogP contribution is 2.32. The Bertz CT molecular complexity index is 1170. The molecule has 0 fully saturated rings. The first kappa shape index (κ1) is 17.5. The van der Waals surface area contributed by atoms with E-state index in [2.05, 4.69) is 15.1 Å². The molecule has 6 nitrogen and oxygen atoms in total. The predicted octanol–water partition coefficient (Wildman–Crippen LogP) is 4.58. The molecule has 28 heavy (non-hydrogen) atoms. The largest absolute Gasteiger partial charge is 0.469 e. The predicted molar refractivity (Wildman–Crippen MR) is 106 cm³/mol. The zero-order chi connectivity index (χ0) is 19.1. The SMILES string of the molecule is O=C1C[C@H](c2ccco2)Cc2nc3nc(SCc4cccc(Cl)c4)nn3cc21. The number of hydrogen-bond donors (Lipinski definition) is 0. The fraction of sp³-hybridized carbons (Fsp3) is 0.200. The Hall–Kier alpha value is -2.64. The molecule has 140 valence electrons. The minimum absolute atomic E-state index is 0.0181. The Morgan fingerprint density at radius 2 is 2.14 bits per heavy atom. The zero-order valence-electron chi connectivity index (χ0n) is 14.7. The van der Waals surface area contributed by atoms with Crippen LogP contribution in [0.4, 0.5) is 0 Å². The quantitative estimate of drug-likeness (QED) is 0.458. The van der Waals surface area contributed by atoms with Crippen molar-refractivity contribution >= 4 is 34.9 Å². The molecule has 3 aromatic heterocycles. The Labute approximate surface area is 169 Å². The molecule has 1 atom stereocenters. The monoisotopic (exact) mass is 410 g/mol. The van der Waals surface area contributed by atoms with Gasteiger partial charge in [-0.05, 0) is 29.8 Å². The van der Waals surface area contributed by atoms with Gasteiger partial charge in [0.25, 0.3) is 5.78 Å². The van der Waals surface area contributed by atoms with E-state index >= 15 is 0 Å². The number of aromatic nitrogens is 4. The third-order valence-electron chi connectivity index (χ3n) is 4.77. The van der Waals surface area contributed by atoms with Crippen LogP contribution < -0.4 is 0 Å². The van der Waals surface area contributed by atoms with E-state index in [-0.39, 0.29) is 11.7 Å². The van der Waals surface area contributed by atoms with Crippen molar-refractivity contribution in [1.82, 2.24) is 19.6 Å². The summed E-state index contributed by atoms with van der Waals surface area (Å²) in [7, 11) is 0. The van der Waals surface area contributed by atoms with Crippen molar-refractivity contribution in [2.75, 3.05) is 0 Å². The van der Waals surface area contributed by atoms with Crippen molar-refractivity contribution in [2.24, 2.45) is 0 Å². The van der Waals surface area contributed by atoms with Crippen molar-refractivity contribution in [3.8, 4) is 0 Å². The lowest BCUT2D eigenvalue weighted by Gasteiger charge is -2.20. The standard InChI is InChI=1S/C20H15ClN4O2S/c21-14-4-1-3-12(7-14)11-28-20-23-19-22-16-8-13(18-5-2-6-27-18)9-17(26)15(16)10-25(19)24-20/h1-7,10,13H,8-9,11H2/t13-/m1/s1. The van der Waals surface area contributed by atoms with Gasteiger partial charge in [-0.1, -0.05) is 35.5 Å². The highest BCUT2D eigenvalue weighted by Gasteiger charge is 2.30. The van der Waals surface area contributed by atoms with Crippen LogP contribution in [0.2, 0.25) is 5.02 Å². The zero-order valence-corrected chi connectivity index (χ0v) is 16.3. The summed E-state index contributed by atoms with van der Waals surface area (Å²) >= 11 is 7.54. The number of carbonyl (C=O) groups excluding carboxylic acids is 1. The summed E-state index contributed by atoms with van der Waals surface area (Å²) in [6, 6.07) is 11.5. The minimum atomic E-state index is 0.0181. The molecule has 5 rings (SSSR count). The van der Waals surface area contributed by atoms with Crippen LogP contribution >= 0.6 is 23.4 Å². The van der Waals surface area contributed by atoms with Crippen molar-refractivity contribution in [3.63, 3.8) is 0 Å². The number of nitrogens with zero attached hydrogens (tertiary/aromatic N) is 4. The Kier molecular flexibility index (Phi) is 4.41. The maximum atomic E-state index is 12.6. The third kappa shape index (κ3) is 3.31. The summed E-state index contributed by atoms with van der Waals surface area (Å²) in [5.74, 6) is 2.10. The van der Waals surface area contributed by atoms with Gasteiger partial charge in [0, 0.05) is 35.7 Å². The molecule has 0 unspecified atom stereocenters. The Morgan fingerprint density at radius 1 is 1.21 bits per heavy atom. The molecule has 4 aromatic rings. The summed E-state index contributed by atoms with van der Waals surface area (Å²) in [5, 5.41) is 5.79. The number of hydrogen-bond acceptors (Lipinski definition) is 6. The number of Topliss-reactive ketones (excluding diaryl/α,β-unsaturated/α-hetero) is 1. The second-order valence-corrected chi connectivity index (χ2v) is 8.08. The van der Waals surface area contributed by atoms with Gasteiger partial charge in [-0.2, -0.15) is 4.98 Å². The number of fused-ring (bicyclic) bond motifs is 2. The average Bonchev–Trinajstić information content (AvgIpc) is 3.34. The molecule has 1 aliphatic carbocycles. The van der Waals surface area contributed by atoms with E-state index in [0.717, 1.165) is 17.0 Å². The van der Waals surface area contributed by atoms with Gasteiger partial charge in [0.2, 0.25) is 5.16 Å². The van der Waals surface area contributed by atoms with Crippen LogP contribution in [0.25, 0.3) is 5.78 Å². The van der Waals surface area contributed by atoms with Crippen molar-refractivity contribution in [2.45, 2.75) is 29.7 Å². The second-order valence-electron chi connectivity index (χ2n) is 6.70. The number of furan rings is 1. The molecule has 0 bridgehead atoms. The summed E-state index contributed by atoms with van der Waals surface area (Å²) in [4.78, 5) is 21.7. The van der Waals surface area contributed by atoms with E-state index in [0.29, 0.717) is 40.1 Å². The first-order valence-electron chi connectivity index (χ1n) is 8.86. The van der Waals surface area contributed by atoms with Gasteiger partial charge in [0.1, 0.15) is 5.76 Å². The van der Waals surface area contributed by atoms with E-state index in [1.54, 1.807) is 17.0 Å². The molecule has 0 N–H and O–H groups in total. The Morgan fingerprint density at radius 3 is 2.96 bits per heavy atom. The van der Waals surface area contributed by atoms with E-state index in [1.807, 2.05) is 36.4 Å². The number of rotatable bonds is 4. The minimum Gasteiger partial charge on any atom is -0.469 e. The summed E-state index contributed by atoms with van der Waals surface area (Å²) in [6.07, 6.45) is 4.45. The van der Waals surface area contributed by atoms with Gasteiger partial charge < -0.3 is 4.42 Å². The van der Waals surface area contributed by atoms with Crippen LogP contribution in [-0.4, -0.2) is 25.4 Å². The molecule has 0 saturated heterocycles. The van der Waals surface area contributed by atoms with Crippen LogP contribution in [0.15, 0.2) is 58.4 Å². The number of benzene rings is 1. The molecule has 0 saturated carbocycles. The number of ketones is 1. The molecule has 1 aromatic carbocycles. The van der Waals surface area contributed by atoms with Crippen molar-refractivity contribution < 1.29 is 9.21 Å². The summed E-state index contributed by atoms with van der Waals surface area (Å²) in [6.45, 7) is 0. The van der Waals surface area contributed by atoms with E-state index in [4.69, 9.17) is 16.0 Å². The molecular weight excluding hydrogens is 396 g/mol. The molecule has 0 radical (unpaired) electrons. The maximum Gasteiger partial charge on any atom is 0.253 e. The molecule has 0 aliphatic heterocycles. The van der Waals surface area contributed by atoms with Gasteiger partial charge >= 0.3 is 0 Å². The number of carbonyl (C=O) groups is 1. The number of thioether (sulfide) groups is 1. The topological polar surface area (TPSA) is 73.3 Å². The molecule has 1 aliphatic rings. The van der Waals surface area contributed by atoms with Crippen LogP contribution in [-0.2, 0) is 12.2 Å². The first-order chi connectivity index (χ1) is 13.7. The van der Waals surface area contributed by atoms with Gasteiger partial charge in [0.15, 0.2) is 5.78 Å². The highest BCUT2D eigenvalue weighted by atomic mass is 35.5. The maximum absolute atomic E-state index is 12.6. The van der Waals surface area contributed by atoms with Gasteiger partial charge in [-0.15, -0.1) is 5.10 Å². The molecule has 0 spiro atoms. The summed E-state index contributed by atoms with van der Waals surface area (Å²) in [5.41, 5.74) is 2.47. The van der Waals surface area contributed by atoms with Crippen molar-refractivity contribution in [3.05, 3.63) is 76.5 Å². The fourth-order valence-corrected chi connectivity index (χ4v) is 4.41. The second kappa shape index (κ2) is 7.07. The van der Waals surface area contributed by atoms with E-state index in [9.17, 15) is 4.79 Å². The van der Waals surface area contributed by atoms with E-state index in [1.165, 1.54) is 11.8 Å². The molecular formula is C20H15ClN4O2S. The number of halogens is 1. The van der Waals surface area contributed by atoms with Crippen molar-refractivity contribution in [1.29, 1.82) is 0 Å². The van der Waals surface area contributed by atoms with E-state index < -0.39 is 0 Å². The van der Waals surface area contributed by atoms with Crippen LogP contribution in [0.1, 0.15) is 39.7 Å². The van der Waals surface area contributed by atoms with Crippen LogP contribution in [0.3, 0.4) is 0 Å². The summed E-state index contributed by atoms with van der Waals surface area (Å²) < 4.78 is 7.07. The lowest BCUT2D eigenvalue weighted by molar-refractivity contribution is 0.0958. The smallest absolute Gasteiger partial charge is 0.253 e. The highest BCUT2D eigenvalue weighted by molar-refractivity contribution is 7.98. The Balaban J connectivity index is 1.41. The van der Waals surface area contributed by atoms with Crippen LogP contribution in [0, 0.1) is 0 Å². The lowest BCUT2D eigenvalue weighted by Crippen LogP contribution is -2.21. The fourth-order valence-electron chi connectivity index (χ4n) is 3.42. The third-order valence-corrected chi connectivity index (χ3v) is 5.91. The molecule has 0 amide bonds.